The van der Waals surface area contributed by atoms with E-state index in [1.54, 1.807) is 16.8 Å². The molecule has 4 N–H and O–H groups in total. The number of alkyl halides is 3. The molecule has 1 aliphatic carbocycles. The Morgan fingerprint density at radius 3 is 2.53 bits per heavy atom. The van der Waals surface area contributed by atoms with Gasteiger partial charge in [0.05, 0.1) is 24.5 Å². The summed E-state index contributed by atoms with van der Waals surface area (Å²) in [4.78, 5) is 36.8. The van der Waals surface area contributed by atoms with Gasteiger partial charge in [0.2, 0.25) is 5.95 Å². The van der Waals surface area contributed by atoms with E-state index in [-0.39, 0.29) is 29.1 Å². The van der Waals surface area contributed by atoms with Gasteiger partial charge in [0.15, 0.2) is 0 Å². The first-order chi connectivity index (χ1) is 16.1. The van der Waals surface area contributed by atoms with E-state index in [0.29, 0.717) is 32.3 Å². The van der Waals surface area contributed by atoms with Crippen LogP contribution in [0.5, 0.6) is 0 Å². The van der Waals surface area contributed by atoms with Crippen LogP contribution in [0.15, 0.2) is 23.1 Å². The summed E-state index contributed by atoms with van der Waals surface area (Å²) < 4.78 is 44.9. The van der Waals surface area contributed by atoms with E-state index in [1.165, 1.54) is 19.3 Å². The van der Waals surface area contributed by atoms with Gasteiger partial charge in [-0.15, -0.1) is 0 Å². The lowest BCUT2D eigenvalue weighted by molar-refractivity contribution is -0.137. The molecule has 0 spiro atoms. The van der Waals surface area contributed by atoms with E-state index < -0.39 is 17.3 Å². The molecule has 10 nitrogen and oxygen atoms in total. The summed E-state index contributed by atoms with van der Waals surface area (Å²) in [7, 11) is 3.51. The number of rotatable bonds is 3. The minimum absolute atomic E-state index is 0.0321. The van der Waals surface area contributed by atoms with Crippen molar-refractivity contribution in [3.05, 3.63) is 34.2 Å². The maximum Gasteiger partial charge on any atom is 0.417 e. The molecule has 0 bridgehead atoms. The lowest BCUT2D eigenvalue weighted by Gasteiger charge is -2.34. The van der Waals surface area contributed by atoms with Crippen LogP contribution >= 0.6 is 0 Å². The number of aromatic nitrogens is 3. The smallest absolute Gasteiger partial charge is 0.384 e. The number of halogens is 3. The molecular formula is C21H28F3N7O3. The topological polar surface area (TPSA) is 129 Å². The highest BCUT2D eigenvalue weighted by Crippen LogP contribution is 2.36. The fourth-order valence-electron chi connectivity index (χ4n) is 3.53. The monoisotopic (exact) mass is 483 g/mol. The molecule has 2 aliphatic rings. The van der Waals surface area contributed by atoms with Crippen molar-refractivity contribution < 1.29 is 22.7 Å². The summed E-state index contributed by atoms with van der Waals surface area (Å²) in [5.41, 5.74) is 3.42. The van der Waals surface area contributed by atoms with Crippen LogP contribution < -0.4 is 21.5 Å². The van der Waals surface area contributed by atoms with Gasteiger partial charge in [-0.25, -0.2) is 14.8 Å². The van der Waals surface area contributed by atoms with Crippen LogP contribution in [-0.2, 0) is 10.9 Å². The van der Waals surface area contributed by atoms with Gasteiger partial charge in [0.25, 0.3) is 5.56 Å². The van der Waals surface area contributed by atoms with Crippen molar-refractivity contribution in [3.63, 3.8) is 0 Å². The van der Waals surface area contributed by atoms with Crippen LogP contribution in [0.3, 0.4) is 0 Å². The van der Waals surface area contributed by atoms with Gasteiger partial charge in [-0.1, -0.05) is 0 Å². The van der Waals surface area contributed by atoms with Gasteiger partial charge in [-0.3, -0.25) is 9.78 Å². The lowest BCUT2D eigenvalue weighted by Crippen LogP contribution is -2.45. The molecule has 2 fully saturated rings. The number of aromatic amines is 1. The van der Waals surface area contributed by atoms with Crippen LogP contribution in [0.2, 0.25) is 0 Å². The summed E-state index contributed by atoms with van der Waals surface area (Å²) in [6.07, 6.45) is -0.0569. The number of morpholine rings is 1. The van der Waals surface area contributed by atoms with E-state index in [2.05, 4.69) is 20.3 Å². The van der Waals surface area contributed by atoms with Gasteiger partial charge in [-0.2, -0.15) is 13.2 Å². The Morgan fingerprint density at radius 2 is 1.97 bits per heavy atom. The summed E-state index contributed by atoms with van der Waals surface area (Å²) in [6, 6.07) is 2.27. The highest BCUT2D eigenvalue weighted by atomic mass is 19.4. The fraction of sp³-hybridized carbons (Fsp3) is 0.524. The zero-order valence-corrected chi connectivity index (χ0v) is 19.0. The maximum atomic E-state index is 13.2. The highest BCUT2D eigenvalue weighted by molar-refractivity contribution is 5.73. The van der Waals surface area contributed by atoms with Crippen LogP contribution in [-0.4, -0.2) is 72.3 Å². The summed E-state index contributed by atoms with van der Waals surface area (Å²) >= 11 is 0. The van der Waals surface area contributed by atoms with Crippen LogP contribution in [0.25, 0.3) is 11.3 Å². The van der Waals surface area contributed by atoms with E-state index in [1.807, 2.05) is 7.05 Å². The molecule has 2 aromatic heterocycles. The standard InChI is InChI=1S/C14H14F3N5O2.C7H14N2O/c15-14(16,17)9-5-11(18)19-7-8(9)10-6-12(23)21-13(20-10)22-1-3-24-4-2-22;1-8-7(10)9(2)6-4-3-5-6/h5-7H,1-4H2,(H2,18,19)(H,20,21,23);6H,3-5H2,1-2H3,(H,8,10). The number of hydrogen-bond donors (Lipinski definition) is 3. The summed E-state index contributed by atoms with van der Waals surface area (Å²) in [5, 5.41) is 2.60. The van der Waals surface area contributed by atoms with E-state index >= 15 is 0 Å². The van der Waals surface area contributed by atoms with Crippen LogP contribution in [0, 0.1) is 0 Å². The molecule has 3 heterocycles. The highest BCUT2D eigenvalue weighted by Gasteiger charge is 2.35. The Balaban J connectivity index is 0.000000271. The maximum absolute atomic E-state index is 13.2. The molecule has 1 aliphatic heterocycles. The summed E-state index contributed by atoms with van der Waals surface area (Å²) in [5.74, 6) is -0.0601. The third-order valence-electron chi connectivity index (χ3n) is 5.70. The molecular weight excluding hydrogens is 455 g/mol. The largest absolute Gasteiger partial charge is 0.417 e. The third-order valence-corrected chi connectivity index (χ3v) is 5.70. The first-order valence-electron chi connectivity index (χ1n) is 10.8. The number of amides is 2. The van der Waals surface area contributed by atoms with Gasteiger partial charge in [-0.05, 0) is 25.3 Å². The number of hydrogen-bond acceptors (Lipinski definition) is 7. The number of nitrogens with zero attached hydrogens (tertiary/aromatic N) is 4. The quantitative estimate of drug-likeness (QED) is 0.610. The molecule has 0 unspecified atom stereocenters. The van der Waals surface area contributed by atoms with Gasteiger partial charge >= 0.3 is 12.2 Å². The number of urea groups is 1. The SMILES string of the molecule is CNC(=O)N(C)C1CCC1.Nc1cc(C(F)(F)F)c(-c2cc(=O)[nH]c(N3CCOCC3)n2)cn1. The van der Waals surface area contributed by atoms with Crippen LogP contribution in [0.4, 0.5) is 29.7 Å². The average Bonchev–Trinajstić information content (AvgIpc) is 2.77. The number of anilines is 2. The predicted octanol–water partition coefficient (Wildman–Crippen LogP) is 2.08. The Hall–Kier alpha value is -3.35. The molecule has 34 heavy (non-hydrogen) atoms. The van der Waals surface area contributed by atoms with Gasteiger partial charge in [0.1, 0.15) is 5.82 Å². The number of pyridine rings is 1. The number of nitrogens with one attached hydrogen (secondary N) is 2. The lowest BCUT2D eigenvalue weighted by atomic mass is 9.92. The molecule has 4 rings (SSSR count). The molecule has 0 atom stereocenters. The minimum Gasteiger partial charge on any atom is -0.384 e. The molecule has 13 heteroatoms. The third kappa shape index (κ3) is 6.16. The van der Waals surface area contributed by atoms with E-state index in [9.17, 15) is 22.8 Å². The molecule has 1 saturated heterocycles. The van der Waals surface area contributed by atoms with Crippen LogP contribution in [0.1, 0.15) is 24.8 Å². The zero-order valence-electron chi connectivity index (χ0n) is 19.0. The van der Waals surface area contributed by atoms with Crippen molar-refractivity contribution in [2.24, 2.45) is 0 Å². The summed E-state index contributed by atoms with van der Waals surface area (Å²) in [6.45, 7) is 1.87. The molecule has 2 amide bonds. The van der Waals surface area contributed by atoms with E-state index in [4.69, 9.17) is 10.5 Å². The average molecular weight is 483 g/mol. The normalized spacial score (nSPS) is 16.2. The Bertz CT molecular complexity index is 1050. The molecule has 0 radical (unpaired) electrons. The second kappa shape index (κ2) is 10.7. The van der Waals surface area contributed by atoms with Crippen molar-refractivity contribution in [1.29, 1.82) is 0 Å². The van der Waals surface area contributed by atoms with Crippen molar-refractivity contribution in [1.82, 2.24) is 25.2 Å². The van der Waals surface area contributed by atoms with Crippen molar-refractivity contribution in [2.45, 2.75) is 31.5 Å². The first-order valence-corrected chi connectivity index (χ1v) is 10.8. The Labute approximate surface area is 194 Å². The van der Waals surface area contributed by atoms with E-state index in [0.717, 1.165) is 18.3 Å². The van der Waals surface area contributed by atoms with Crippen molar-refractivity contribution in [2.75, 3.05) is 51.0 Å². The molecule has 2 aromatic rings. The number of nitrogens with two attached hydrogens (primary N) is 1. The fourth-order valence-corrected chi connectivity index (χ4v) is 3.53. The Morgan fingerprint density at radius 1 is 1.29 bits per heavy atom. The van der Waals surface area contributed by atoms with Crippen molar-refractivity contribution in [3.8, 4) is 11.3 Å². The molecule has 0 aromatic carbocycles. The number of ether oxygens (including phenoxy) is 1. The number of carbonyl (C=O) groups is 1. The second-order valence-corrected chi connectivity index (χ2v) is 7.96. The number of nitrogen functional groups attached to an aromatic ring is 1. The second-order valence-electron chi connectivity index (χ2n) is 7.96. The molecule has 1 saturated carbocycles. The molecule has 186 valence electrons. The van der Waals surface area contributed by atoms with Crippen molar-refractivity contribution >= 4 is 17.8 Å². The van der Waals surface area contributed by atoms with Gasteiger partial charge in [0, 0.05) is 51.1 Å². The first kappa shape index (κ1) is 25.3. The predicted molar refractivity (Wildman–Crippen MR) is 120 cm³/mol. The van der Waals surface area contributed by atoms with Gasteiger partial charge < -0.3 is 25.6 Å². The Kier molecular flexibility index (Phi) is 7.97. The minimum atomic E-state index is -4.64. The number of H-pyrrole nitrogens is 1. The zero-order chi connectivity index (χ0) is 24.9. The number of carbonyl (C=O) groups excluding carboxylic acids is 1.